The van der Waals surface area contributed by atoms with E-state index in [4.69, 9.17) is 0 Å². The second-order valence-electron chi connectivity index (χ2n) is 6.82. The smallest absolute Gasteiger partial charge is 0.222 e. The van der Waals surface area contributed by atoms with Crippen LogP contribution in [-0.2, 0) is 4.79 Å². The third-order valence-corrected chi connectivity index (χ3v) is 5.97. The molecule has 4 nitrogen and oxygen atoms in total. The molecule has 0 saturated heterocycles. The lowest BCUT2D eigenvalue weighted by Gasteiger charge is -2.32. The van der Waals surface area contributed by atoms with E-state index in [9.17, 15) is 9.90 Å². The molecule has 3 aromatic rings. The van der Waals surface area contributed by atoms with Gasteiger partial charge in [-0.3, -0.25) is 4.79 Å². The number of phenolic OH excluding ortho intramolecular Hbond substituents is 1. The van der Waals surface area contributed by atoms with Crippen LogP contribution < -0.4 is 10.2 Å². The first-order chi connectivity index (χ1) is 13.6. The lowest BCUT2D eigenvalue weighted by molar-refractivity contribution is -0.121. The number of anilines is 2. The van der Waals surface area contributed by atoms with E-state index >= 15 is 0 Å². The van der Waals surface area contributed by atoms with Crippen molar-refractivity contribution in [3.63, 3.8) is 0 Å². The predicted octanol–water partition coefficient (Wildman–Crippen LogP) is 5.26. The molecule has 1 unspecified atom stereocenters. The van der Waals surface area contributed by atoms with Crippen LogP contribution in [0.1, 0.15) is 24.9 Å². The number of para-hydroxylation sites is 2. The first-order valence-corrected chi connectivity index (χ1v) is 10.2. The summed E-state index contributed by atoms with van der Waals surface area (Å²) in [6, 6.07) is 23.4. The monoisotopic (exact) mass is 390 g/mol. The molecule has 0 aliphatic carbocycles. The van der Waals surface area contributed by atoms with Crippen molar-refractivity contribution in [1.82, 2.24) is 5.32 Å². The van der Waals surface area contributed by atoms with Gasteiger partial charge in [0.15, 0.2) is 0 Å². The maximum atomic E-state index is 12.6. The van der Waals surface area contributed by atoms with Crippen LogP contribution in [0.2, 0.25) is 0 Å². The van der Waals surface area contributed by atoms with Crippen LogP contribution in [0.25, 0.3) is 0 Å². The Balaban J connectivity index is 1.47. The van der Waals surface area contributed by atoms with Gasteiger partial charge in [-0.05, 0) is 48.9 Å². The summed E-state index contributed by atoms with van der Waals surface area (Å²) < 4.78 is 0. The molecule has 2 N–H and O–H groups in total. The molecule has 1 aliphatic heterocycles. The highest BCUT2D eigenvalue weighted by Crippen LogP contribution is 2.47. The Morgan fingerprint density at radius 1 is 1.00 bits per heavy atom. The fourth-order valence-electron chi connectivity index (χ4n) is 3.43. The van der Waals surface area contributed by atoms with Gasteiger partial charge in [-0.2, -0.15) is 0 Å². The van der Waals surface area contributed by atoms with Crippen molar-refractivity contribution in [1.29, 1.82) is 0 Å². The molecule has 0 bridgehead atoms. The summed E-state index contributed by atoms with van der Waals surface area (Å²) in [4.78, 5) is 17.2. The number of rotatable bonds is 5. The second kappa shape index (κ2) is 7.98. The van der Waals surface area contributed by atoms with Crippen molar-refractivity contribution in [2.75, 3.05) is 11.4 Å². The summed E-state index contributed by atoms with van der Waals surface area (Å²) in [5.74, 6) is 0.196. The van der Waals surface area contributed by atoms with Crippen LogP contribution in [-0.4, -0.2) is 17.6 Å². The van der Waals surface area contributed by atoms with Gasteiger partial charge < -0.3 is 15.3 Å². The van der Waals surface area contributed by atoms with Crippen LogP contribution in [0.5, 0.6) is 5.75 Å². The molecule has 3 aromatic carbocycles. The van der Waals surface area contributed by atoms with Crippen molar-refractivity contribution in [3.05, 3.63) is 78.4 Å². The zero-order valence-corrected chi connectivity index (χ0v) is 16.4. The highest BCUT2D eigenvalue weighted by Gasteiger charge is 2.23. The molecule has 0 saturated carbocycles. The van der Waals surface area contributed by atoms with E-state index in [1.807, 2.05) is 37.3 Å². The zero-order chi connectivity index (χ0) is 19.5. The minimum Gasteiger partial charge on any atom is -0.508 e. The molecule has 0 aromatic heterocycles. The van der Waals surface area contributed by atoms with Crippen molar-refractivity contribution in [3.8, 4) is 5.75 Å². The highest BCUT2D eigenvalue weighted by molar-refractivity contribution is 7.99. The topological polar surface area (TPSA) is 52.6 Å². The van der Waals surface area contributed by atoms with Gasteiger partial charge in [0.2, 0.25) is 5.91 Å². The van der Waals surface area contributed by atoms with E-state index in [1.165, 1.54) is 9.79 Å². The third kappa shape index (κ3) is 3.85. The van der Waals surface area contributed by atoms with E-state index in [0.717, 1.165) is 16.9 Å². The van der Waals surface area contributed by atoms with Crippen LogP contribution >= 0.6 is 11.8 Å². The molecule has 1 atom stereocenters. The van der Waals surface area contributed by atoms with Gasteiger partial charge in [-0.1, -0.05) is 48.2 Å². The van der Waals surface area contributed by atoms with Gasteiger partial charge in [0.1, 0.15) is 5.75 Å². The largest absolute Gasteiger partial charge is 0.508 e. The van der Waals surface area contributed by atoms with Crippen LogP contribution in [0.15, 0.2) is 82.6 Å². The Hall–Kier alpha value is -2.92. The Morgan fingerprint density at radius 2 is 1.64 bits per heavy atom. The van der Waals surface area contributed by atoms with Gasteiger partial charge >= 0.3 is 0 Å². The van der Waals surface area contributed by atoms with Crippen molar-refractivity contribution in [2.45, 2.75) is 29.2 Å². The zero-order valence-electron chi connectivity index (χ0n) is 15.6. The summed E-state index contributed by atoms with van der Waals surface area (Å²) in [6.07, 6.45) is 0.385. The lowest BCUT2D eigenvalue weighted by Crippen LogP contribution is -2.31. The molecule has 1 amide bonds. The molecule has 5 heteroatoms. The van der Waals surface area contributed by atoms with Gasteiger partial charge in [0.25, 0.3) is 0 Å². The fraction of sp³-hybridized carbons (Fsp3) is 0.174. The third-order valence-electron chi connectivity index (χ3n) is 4.84. The SMILES string of the molecule is CC(NC(=O)CCN1c2ccccc2Sc2ccccc21)c1cccc(O)c1. The van der Waals surface area contributed by atoms with Gasteiger partial charge in [0, 0.05) is 22.8 Å². The molecule has 4 rings (SSSR count). The number of benzene rings is 3. The van der Waals surface area contributed by atoms with Crippen molar-refractivity contribution < 1.29 is 9.90 Å². The molecule has 1 heterocycles. The number of phenols is 1. The molecule has 0 fully saturated rings. The van der Waals surface area contributed by atoms with E-state index < -0.39 is 0 Å². The summed E-state index contributed by atoms with van der Waals surface area (Å²) >= 11 is 1.76. The average Bonchev–Trinajstić information content (AvgIpc) is 2.71. The van der Waals surface area contributed by atoms with E-state index in [0.29, 0.717) is 13.0 Å². The standard InChI is InChI=1S/C23H22N2O2S/c1-16(17-7-6-8-18(26)15-17)24-23(27)13-14-25-19-9-2-4-11-21(19)28-22-12-5-3-10-20(22)25/h2-12,15-16,26H,13-14H2,1H3,(H,24,27). The second-order valence-corrected chi connectivity index (χ2v) is 7.91. The van der Waals surface area contributed by atoms with Crippen molar-refractivity contribution >= 4 is 29.0 Å². The number of nitrogens with zero attached hydrogens (tertiary/aromatic N) is 1. The van der Waals surface area contributed by atoms with Crippen LogP contribution in [0.4, 0.5) is 11.4 Å². The van der Waals surface area contributed by atoms with Gasteiger partial charge in [-0.25, -0.2) is 0 Å². The molecule has 28 heavy (non-hydrogen) atoms. The maximum absolute atomic E-state index is 12.6. The van der Waals surface area contributed by atoms with Crippen molar-refractivity contribution in [2.24, 2.45) is 0 Å². The maximum Gasteiger partial charge on any atom is 0.222 e. The number of fused-ring (bicyclic) bond motifs is 2. The van der Waals surface area contributed by atoms with E-state index in [2.05, 4.69) is 34.5 Å². The number of carbonyl (C=O) groups excluding carboxylic acids is 1. The summed E-state index contributed by atoms with van der Waals surface area (Å²) in [5.41, 5.74) is 3.17. The number of hydrogen-bond donors (Lipinski definition) is 2. The average molecular weight is 391 g/mol. The quantitative estimate of drug-likeness (QED) is 0.624. The fourth-order valence-corrected chi connectivity index (χ4v) is 4.52. The molecular formula is C23H22N2O2S. The lowest BCUT2D eigenvalue weighted by atomic mass is 10.1. The molecule has 1 aliphatic rings. The summed E-state index contributed by atoms with van der Waals surface area (Å²) in [7, 11) is 0. The predicted molar refractivity (Wildman–Crippen MR) is 113 cm³/mol. The van der Waals surface area contributed by atoms with E-state index in [-0.39, 0.29) is 17.7 Å². The first kappa shape index (κ1) is 18.4. The van der Waals surface area contributed by atoms with Gasteiger partial charge in [-0.15, -0.1) is 0 Å². The Bertz CT molecular complexity index is 960. The summed E-state index contributed by atoms with van der Waals surface area (Å²) in [6.45, 7) is 2.53. The Labute approximate surface area is 169 Å². The minimum atomic E-state index is -0.156. The highest BCUT2D eigenvalue weighted by atomic mass is 32.2. The molecule has 0 spiro atoms. The number of nitrogens with one attached hydrogen (secondary N) is 1. The Morgan fingerprint density at radius 3 is 2.29 bits per heavy atom. The summed E-state index contributed by atoms with van der Waals surface area (Å²) in [5, 5.41) is 12.7. The van der Waals surface area contributed by atoms with E-state index in [1.54, 1.807) is 30.0 Å². The number of carbonyl (C=O) groups is 1. The molecule has 142 valence electrons. The Kier molecular flexibility index (Phi) is 5.26. The van der Waals surface area contributed by atoms with Crippen LogP contribution in [0.3, 0.4) is 0 Å². The van der Waals surface area contributed by atoms with Gasteiger partial charge in [0.05, 0.1) is 17.4 Å². The van der Waals surface area contributed by atoms with Crippen LogP contribution in [0, 0.1) is 0 Å². The molecular weight excluding hydrogens is 368 g/mol. The normalized spacial score (nSPS) is 13.4. The number of hydrogen-bond acceptors (Lipinski definition) is 4. The number of aromatic hydroxyl groups is 1. The minimum absolute atomic E-state index is 0.0102. The molecule has 0 radical (unpaired) electrons. The number of amides is 1. The first-order valence-electron chi connectivity index (χ1n) is 9.33.